The molecule has 0 aliphatic heterocycles. The van der Waals surface area contributed by atoms with Gasteiger partial charge in [-0.05, 0) is 38.5 Å². The zero-order valence-corrected chi connectivity index (χ0v) is 8.51. The van der Waals surface area contributed by atoms with E-state index in [2.05, 4.69) is 11.4 Å². The molecule has 3 N–H and O–H groups in total. The number of hydrogen-bond acceptors (Lipinski definition) is 2. The molecule has 3 heteroatoms. The third kappa shape index (κ3) is 2.15. The lowest BCUT2D eigenvalue weighted by Gasteiger charge is -2.09. The highest BCUT2D eigenvalue weighted by molar-refractivity contribution is 5.88. The highest BCUT2D eigenvalue weighted by atomic mass is 16.2. The summed E-state index contributed by atoms with van der Waals surface area (Å²) in [7, 11) is 0. The van der Waals surface area contributed by atoms with E-state index >= 15 is 0 Å². The summed E-state index contributed by atoms with van der Waals surface area (Å²) in [5, 5.41) is 2.91. The quantitative estimate of drug-likeness (QED) is 0.658. The third-order valence-corrected chi connectivity index (χ3v) is 3.11. The van der Waals surface area contributed by atoms with Crippen molar-refractivity contribution in [1.29, 1.82) is 0 Å². The van der Waals surface area contributed by atoms with Crippen LogP contribution in [0, 0.1) is 0 Å². The molecule has 0 aromatic carbocycles. The van der Waals surface area contributed by atoms with Crippen LogP contribution in [0.4, 0.5) is 0 Å². The second kappa shape index (κ2) is 3.73. The molecule has 2 rings (SSSR count). The zero-order valence-electron chi connectivity index (χ0n) is 8.51. The minimum absolute atomic E-state index is 0.0381. The molecule has 1 amide bonds. The largest absolute Gasteiger partial charge is 0.354 e. The van der Waals surface area contributed by atoms with Gasteiger partial charge in [0.05, 0.1) is 5.54 Å². The van der Waals surface area contributed by atoms with E-state index in [1.54, 1.807) is 0 Å². The first-order valence-electron chi connectivity index (χ1n) is 5.46. The molecule has 0 bridgehead atoms. The van der Waals surface area contributed by atoms with Crippen molar-refractivity contribution in [3.63, 3.8) is 0 Å². The van der Waals surface area contributed by atoms with Crippen molar-refractivity contribution in [2.45, 2.75) is 44.1 Å². The summed E-state index contributed by atoms with van der Waals surface area (Å²) >= 11 is 0. The second-order valence-corrected chi connectivity index (χ2v) is 4.42. The van der Waals surface area contributed by atoms with Crippen LogP contribution in [-0.2, 0) is 4.79 Å². The van der Waals surface area contributed by atoms with Crippen LogP contribution >= 0.6 is 0 Å². The van der Waals surface area contributed by atoms with E-state index in [9.17, 15) is 4.79 Å². The molecule has 0 heterocycles. The fourth-order valence-electron chi connectivity index (χ4n) is 1.84. The minimum Gasteiger partial charge on any atom is -0.354 e. The lowest BCUT2D eigenvalue weighted by atomic mass is 10.1. The van der Waals surface area contributed by atoms with Crippen molar-refractivity contribution in [2.75, 3.05) is 6.54 Å². The first kappa shape index (κ1) is 9.71. The maximum absolute atomic E-state index is 11.4. The molecule has 0 aromatic heterocycles. The number of nitrogens with two attached hydrogens (primary N) is 1. The SMILES string of the molecule is NC1(C(=O)NCCC2=CCCC2)CC1. The molecule has 0 aromatic rings. The van der Waals surface area contributed by atoms with Crippen LogP contribution in [0.5, 0.6) is 0 Å². The lowest BCUT2D eigenvalue weighted by Crippen LogP contribution is -2.43. The van der Waals surface area contributed by atoms with Crippen LogP contribution in [0.2, 0.25) is 0 Å². The molecule has 2 aliphatic carbocycles. The molecule has 14 heavy (non-hydrogen) atoms. The number of hydrogen-bond donors (Lipinski definition) is 2. The first-order valence-corrected chi connectivity index (χ1v) is 5.46. The summed E-state index contributed by atoms with van der Waals surface area (Å²) in [6.45, 7) is 0.754. The van der Waals surface area contributed by atoms with E-state index in [-0.39, 0.29) is 5.91 Å². The average molecular weight is 194 g/mol. The van der Waals surface area contributed by atoms with E-state index in [1.165, 1.54) is 24.8 Å². The Morgan fingerprint density at radius 1 is 1.57 bits per heavy atom. The highest BCUT2D eigenvalue weighted by Crippen LogP contribution is 2.32. The van der Waals surface area contributed by atoms with Crippen molar-refractivity contribution in [3.05, 3.63) is 11.6 Å². The molecule has 0 radical (unpaired) electrons. The summed E-state index contributed by atoms with van der Waals surface area (Å²) in [4.78, 5) is 11.4. The number of carbonyl (C=O) groups is 1. The van der Waals surface area contributed by atoms with Crippen LogP contribution in [-0.4, -0.2) is 18.0 Å². The topological polar surface area (TPSA) is 55.1 Å². The Kier molecular flexibility index (Phi) is 2.59. The predicted molar refractivity (Wildman–Crippen MR) is 55.7 cm³/mol. The standard InChI is InChI=1S/C11H18N2O/c12-11(6-7-11)10(14)13-8-5-9-3-1-2-4-9/h3H,1-2,4-8,12H2,(H,13,14). The Labute approximate surface area is 84.7 Å². The third-order valence-electron chi connectivity index (χ3n) is 3.11. The van der Waals surface area contributed by atoms with Crippen LogP contribution in [0.1, 0.15) is 38.5 Å². The molecule has 0 unspecified atom stereocenters. The molecular formula is C11H18N2O. The van der Waals surface area contributed by atoms with Crippen molar-refractivity contribution in [1.82, 2.24) is 5.32 Å². The van der Waals surface area contributed by atoms with Crippen LogP contribution < -0.4 is 11.1 Å². The number of carbonyl (C=O) groups excluding carboxylic acids is 1. The van der Waals surface area contributed by atoms with Gasteiger partial charge in [-0.25, -0.2) is 0 Å². The summed E-state index contributed by atoms with van der Waals surface area (Å²) in [5.74, 6) is 0.0381. The number of allylic oxidation sites excluding steroid dienone is 1. The van der Waals surface area contributed by atoms with Gasteiger partial charge in [0.25, 0.3) is 0 Å². The Morgan fingerprint density at radius 3 is 2.93 bits per heavy atom. The van der Waals surface area contributed by atoms with Gasteiger partial charge >= 0.3 is 0 Å². The smallest absolute Gasteiger partial charge is 0.240 e. The van der Waals surface area contributed by atoms with Gasteiger partial charge in [0, 0.05) is 6.54 Å². The van der Waals surface area contributed by atoms with E-state index in [0.717, 1.165) is 25.8 Å². The normalized spacial score (nSPS) is 23.1. The Morgan fingerprint density at radius 2 is 2.36 bits per heavy atom. The molecule has 0 saturated heterocycles. The Balaban J connectivity index is 1.65. The van der Waals surface area contributed by atoms with Gasteiger partial charge in [0.1, 0.15) is 0 Å². The van der Waals surface area contributed by atoms with E-state index in [4.69, 9.17) is 5.73 Å². The molecule has 1 saturated carbocycles. The van der Waals surface area contributed by atoms with Crippen molar-refractivity contribution in [3.8, 4) is 0 Å². The predicted octanol–water partition coefficient (Wildman–Crippen LogP) is 1.09. The molecule has 0 spiro atoms. The van der Waals surface area contributed by atoms with Gasteiger partial charge in [0.15, 0.2) is 0 Å². The van der Waals surface area contributed by atoms with Gasteiger partial charge in [-0.3, -0.25) is 4.79 Å². The Hall–Kier alpha value is -0.830. The van der Waals surface area contributed by atoms with E-state index < -0.39 is 5.54 Å². The average Bonchev–Trinajstić information content (AvgIpc) is 2.73. The van der Waals surface area contributed by atoms with Crippen molar-refractivity contribution in [2.24, 2.45) is 5.73 Å². The summed E-state index contributed by atoms with van der Waals surface area (Å²) in [6.07, 6.45) is 8.70. The number of rotatable bonds is 4. The fraction of sp³-hybridized carbons (Fsp3) is 0.727. The summed E-state index contributed by atoms with van der Waals surface area (Å²) in [6, 6.07) is 0. The van der Waals surface area contributed by atoms with Crippen LogP contribution in [0.3, 0.4) is 0 Å². The fourth-order valence-corrected chi connectivity index (χ4v) is 1.84. The summed E-state index contributed by atoms with van der Waals surface area (Å²) < 4.78 is 0. The highest BCUT2D eigenvalue weighted by Gasteiger charge is 2.45. The molecule has 2 aliphatic rings. The molecule has 3 nitrogen and oxygen atoms in total. The van der Waals surface area contributed by atoms with Crippen molar-refractivity contribution < 1.29 is 4.79 Å². The van der Waals surface area contributed by atoms with Crippen LogP contribution in [0.15, 0.2) is 11.6 Å². The maximum Gasteiger partial charge on any atom is 0.240 e. The Bertz CT molecular complexity index is 266. The van der Waals surface area contributed by atoms with Gasteiger partial charge in [-0.2, -0.15) is 0 Å². The van der Waals surface area contributed by atoms with E-state index in [0.29, 0.717) is 0 Å². The van der Waals surface area contributed by atoms with Gasteiger partial charge < -0.3 is 11.1 Å². The van der Waals surface area contributed by atoms with Gasteiger partial charge in [0.2, 0.25) is 5.91 Å². The molecule has 78 valence electrons. The maximum atomic E-state index is 11.4. The zero-order chi connectivity index (χ0) is 10.0. The monoisotopic (exact) mass is 194 g/mol. The minimum atomic E-state index is -0.510. The van der Waals surface area contributed by atoms with E-state index in [1.807, 2.05) is 0 Å². The van der Waals surface area contributed by atoms with Crippen molar-refractivity contribution >= 4 is 5.91 Å². The second-order valence-electron chi connectivity index (χ2n) is 4.42. The number of nitrogens with one attached hydrogen (secondary N) is 1. The van der Waals surface area contributed by atoms with Crippen LogP contribution in [0.25, 0.3) is 0 Å². The number of amides is 1. The lowest BCUT2D eigenvalue weighted by molar-refractivity contribution is -0.123. The first-order chi connectivity index (χ1) is 6.71. The molecule has 0 atom stereocenters. The van der Waals surface area contributed by atoms with Gasteiger partial charge in [-0.15, -0.1) is 0 Å². The van der Waals surface area contributed by atoms with Gasteiger partial charge in [-0.1, -0.05) is 11.6 Å². The summed E-state index contributed by atoms with van der Waals surface area (Å²) in [5.41, 5.74) is 6.74. The molecule has 1 fully saturated rings. The molecular weight excluding hydrogens is 176 g/mol.